The van der Waals surface area contributed by atoms with Crippen LogP contribution in [0.3, 0.4) is 0 Å². The largest absolute Gasteiger partial charge is 0.480 e. The van der Waals surface area contributed by atoms with Crippen molar-refractivity contribution in [2.24, 2.45) is 17.3 Å². The maximum Gasteiger partial charge on any atom is 0.324 e. The first-order valence-corrected chi connectivity index (χ1v) is 9.72. The van der Waals surface area contributed by atoms with Crippen molar-refractivity contribution in [1.82, 2.24) is 0 Å². The van der Waals surface area contributed by atoms with Crippen LogP contribution in [0.15, 0.2) is 0 Å². The van der Waals surface area contributed by atoms with Crippen molar-refractivity contribution in [1.29, 1.82) is 0 Å². The lowest BCUT2D eigenvalue weighted by Crippen LogP contribution is -2.47. The molecule has 1 aliphatic carbocycles. The second-order valence-electron chi connectivity index (χ2n) is 8.01. The number of ether oxygens (including phenoxy) is 1. The van der Waals surface area contributed by atoms with E-state index in [-0.39, 0.29) is 5.92 Å². The predicted molar refractivity (Wildman–Crippen MR) is 95.8 cm³/mol. The molecule has 0 spiro atoms. The lowest BCUT2D eigenvalue weighted by atomic mass is 9.72. The van der Waals surface area contributed by atoms with Gasteiger partial charge in [-0.15, -0.1) is 0 Å². The Bertz CT molecular complexity index is 429. The van der Waals surface area contributed by atoms with Gasteiger partial charge in [-0.3, -0.25) is 9.59 Å². The van der Waals surface area contributed by atoms with Gasteiger partial charge in [0.25, 0.3) is 0 Å². The van der Waals surface area contributed by atoms with E-state index < -0.39 is 23.0 Å². The smallest absolute Gasteiger partial charge is 0.324 e. The summed E-state index contributed by atoms with van der Waals surface area (Å²) >= 11 is 0. The number of carbonyl (C=O) groups excluding carboxylic acids is 1. The maximum absolute atomic E-state index is 13.0. The molecule has 0 aromatic carbocycles. The number of esters is 1. The summed E-state index contributed by atoms with van der Waals surface area (Å²) in [6, 6.07) is 0. The number of carbonyl (C=O) groups is 2. The van der Waals surface area contributed by atoms with Crippen molar-refractivity contribution in [2.75, 3.05) is 0 Å². The van der Waals surface area contributed by atoms with E-state index in [1.165, 1.54) is 0 Å². The molecule has 4 nitrogen and oxygen atoms in total. The second kappa shape index (κ2) is 8.87. The average molecular weight is 341 g/mol. The zero-order chi connectivity index (χ0) is 18.4. The molecule has 3 unspecified atom stereocenters. The van der Waals surface area contributed by atoms with Crippen LogP contribution in [0, 0.1) is 17.3 Å². The Morgan fingerprint density at radius 2 is 1.79 bits per heavy atom. The highest BCUT2D eigenvalue weighted by Crippen LogP contribution is 2.52. The fraction of sp³-hybridized carbons (Fsp3) is 0.900. The molecule has 3 atom stereocenters. The maximum atomic E-state index is 13.0. The molecule has 1 N–H and O–H groups in total. The van der Waals surface area contributed by atoms with Gasteiger partial charge in [-0.25, -0.2) is 0 Å². The molecule has 1 aliphatic rings. The van der Waals surface area contributed by atoms with Crippen LogP contribution in [-0.4, -0.2) is 22.6 Å². The number of rotatable bonds is 10. The van der Waals surface area contributed by atoms with Gasteiger partial charge in [-0.1, -0.05) is 52.9 Å². The lowest BCUT2D eigenvalue weighted by Gasteiger charge is -2.35. The lowest BCUT2D eigenvalue weighted by molar-refractivity contribution is -0.182. The van der Waals surface area contributed by atoms with Gasteiger partial charge in [-0.05, 0) is 51.4 Å². The Morgan fingerprint density at radius 3 is 2.29 bits per heavy atom. The van der Waals surface area contributed by atoms with Gasteiger partial charge in [0.2, 0.25) is 0 Å². The van der Waals surface area contributed by atoms with Gasteiger partial charge < -0.3 is 9.84 Å². The van der Waals surface area contributed by atoms with Gasteiger partial charge >= 0.3 is 11.9 Å². The molecule has 0 aromatic rings. The van der Waals surface area contributed by atoms with Crippen LogP contribution >= 0.6 is 0 Å². The molecule has 140 valence electrons. The minimum atomic E-state index is -1.35. The van der Waals surface area contributed by atoms with Crippen molar-refractivity contribution in [2.45, 2.75) is 98.0 Å². The number of hydrogen-bond acceptors (Lipinski definition) is 3. The number of aliphatic carboxylic acids is 1. The molecule has 1 saturated carbocycles. The Hall–Kier alpha value is -1.06. The summed E-state index contributed by atoms with van der Waals surface area (Å²) in [4.78, 5) is 25.3. The molecular formula is C20H36O4. The summed E-state index contributed by atoms with van der Waals surface area (Å²) in [6.45, 7) is 10.0. The minimum absolute atomic E-state index is 0.0974. The SMILES string of the molecule is CCCCC1C(CCC)CCC1(C(=O)O)C(=O)OC(C)(C)CCC. The third-order valence-corrected chi connectivity index (χ3v) is 5.61. The van der Waals surface area contributed by atoms with Gasteiger partial charge in [0.15, 0.2) is 5.41 Å². The molecule has 0 bridgehead atoms. The standard InChI is InChI=1S/C20H36O4/c1-6-9-11-16-15(10-7-2)12-14-20(16,17(21)22)18(23)24-19(4,5)13-8-3/h15-16H,6-14H2,1-5H3,(H,21,22). The van der Waals surface area contributed by atoms with Gasteiger partial charge in [0.05, 0.1) is 0 Å². The zero-order valence-corrected chi connectivity index (χ0v) is 16.2. The Balaban J connectivity index is 3.11. The minimum Gasteiger partial charge on any atom is -0.480 e. The summed E-state index contributed by atoms with van der Waals surface area (Å²) in [5.41, 5.74) is -1.95. The monoisotopic (exact) mass is 340 g/mol. The van der Waals surface area contributed by atoms with Crippen LogP contribution < -0.4 is 0 Å². The van der Waals surface area contributed by atoms with Crippen LogP contribution in [-0.2, 0) is 14.3 Å². The first-order chi connectivity index (χ1) is 11.2. The molecule has 0 radical (unpaired) electrons. The molecule has 1 fully saturated rings. The third kappa shape index (κ3) is 4.52. The van der Waals surface area contributed by atoms with Crippen LogP contribution in [0.25, 0.3) is 0 Å². The highest BCUT2D eigenvalue weighted by atomic mass is 16.6. The second-order valence-corrected chi connectivity index (χ2v) is 8.01. The average Bonchev–Trinajstić information content (AvgIpc) is 2.84. The van der Waals surface area contributed by atoms with Gasteiger partial charge in [0.1, 0.15) is 5.60 Å². The fourth-order valence-electron chi connectivity index (χ4n) is 4.43. The molecule has 4 heteroatoms. The van der Waals surface area contributed by atoms with E-state index in [1.807, 2.05) is 20.8 Å². The predicted octanol–water partition coefficient (Wildman–Crippen LogP) is 5.20. The summed E-state index contributed by atoms with van der Waals surface area (Å²) in [5, 5.41) is 10.0. The van der Waals surface area contributed by atoms with Crippen LogP contribution in [0.1, 0.15) is 92.4 Å². The van der Waals surface area contributed by atoms with Crippen molar-refractivity contribution >= 4 is 11.9 Å². The molecule has 1 rings (SSSR count). The molecule has 0 aliphatic heterocycles. The first kappa shape index (κ1) is 21.0. The van der Waals surface area contributed by atoms with Crippen LogP contribution in [0.4, 0.5) is 0 Å². The van der Waals surface area contributed by atoms with Gasteiger partial charge in [-0.2, -0.15) is 0 Å². The Labute approximate surface area is 147 Å². The van der Waals surface area contributed by atoms with Crippen LogP contribution in [0.2, 0.25) is 0 Å². The highest BCUT2D eigenvalue weighted by molar-refractivity contribution is 6.00. The molecular weight excluding hydrogens is 304 g/mol. The van der Waals surface area contributed by atoms with Crippen molar-refractivity contribution in [3.63, 3.8) is 0 Å². The number of carboxylic acids is 1. The molecule has 0 amide bonds. The Morgan fingerprint density at radius 1 is 1.12 bits per heavy atom. The normalized spacial score (nSPS) is 27.2. The van der Waals surface area contributed by atoms with Crippen LogP contribution in [0.5, 0.6) is 0 Å². The van der Waals surface area contributed by atoms with Crippen molar-refractivity contribution in [3.05, 3.63) is 0 Å². The third-order valence-electron chi connectivity index (χ3n) is 5.61. The zero-order valence-electron chi connectivity index (χ0n) is 16.2. The number of unbranched alkanes of at least 4 members (excludes halogenated alkanes) is 1. The van der Waals surface area contributed by atoms with Crippen molar-refractivity contribution in [3.8, 4) is 0 Å². The van der Waals surface area contributed by atoms with E-state index >= 15 is 0 Å². The number of hydrogen-bond donors (Lipinski definition) is 1. The summed E-state index contributed by atoms with van der Waals surface area (Å²) in [6.07, 6.45) is 7.68. The van der Waals surface area contributed by atoms with E-state index in [0.717, 1.165) is 51.4 Å². The topological polar surface area (TPSA) is 63.6 Å². The Kier molecular flexibility index (Phi) is 7.75. The number of carboxylic acid groups (broad SMARTS) is 1. The molecule has 0 heterocycles. The summed E-state index contributed by atoms with van der Waals surface area (Å²) in [7, 11) is 0. The first-order valence-electron chi connectivity index (χ1n) is 9.72. The summed E-state index contributed by atoms with van der Waals surface area (Å²) < 4.78 is 5.74. The molecule has 24 heavy (non-hydrogen) atoms. The molecule has 0 aromatic heterocycles. The van der Waals surface area contributed by atoms with E-state index in [2.05, 4.69) is 13.8 Å². The van der Waals surface area contributed by atoms with Crippen molar-refractivity contribution < 1.29 is 19.4 Å². The molecule has 0 saturated heterocycles. The van der Waals surface area contributed by atoms with E-state index in [0.29, 0.717) is 12.3 Å². The van der Waals surface area contributed by atoms with E-state index in [4.69, 9.17) is 4.74 Å². The van der Waals surface area contributed by atoms with E-state index in [1.54, 1.807) is 0 Å². The summed E-state index contributed by atoms with van der Waals surface area (Å²) in [5.74, 6) is -1.27. The highest BCUT2D eigenvalue weighted by Gasteiger charge is 2.59. The fourth-order valence-corrected chi connectivity index (χ4v) is 4.43. The van der Waals surface area contributed by atoms with E-state index in [9.17, 15) is 14.7 Å². The quantitative estimate of drug-likeness (QED) is 0.439. The van der Waals surface area contributed by atoms with Gasteiger partial charge in [0, 0.05) is 0 Å².